The molecule has 2 aromatic heterocycles. The molecular formula is C18H14ClFN2O4. The minimum absolute atomic E-state index is 0.100. The molecule has 0 aliphatic heterocycles. The molecule has 0 saturated carbocycles. The van der Waals surface area contributed by atoms with Crippen molar-refractivity contribution in [2.24, 2.45) is 0 Å². The molecule has 0 amide bonds. The molecule has 0 aliphatic rings. The molecule has 1 atom stereocenters. The first-order valence-corrected chi connectivity index (χ1v) is 8.01. The zero-order valence-corrected chi connectivity index (χ0v) is 14.4. The van der Waals surface area contributed by atoms with Gasteiger partial charge in [0.1, 0.15) is 18.1 Å². The Morgan fingerprint density at radius 2 is 2.12 bits per heavy atom. The van der Waals surface area contributed by atoms with Gasteiger partial charge in [-0.3, -0.25) is 9.20 Å². The quantitative estimate of drug-likeness (QED) is 0.708. The molecule has 6 nitrogen and oxygen atoms in total. The predicted molar refractivity (Wildman–Crippen MR) is 92.4 cm³/mol. The number of pyridine rings is 1. The fraction of sp³-hybridized carbons (Fsp3) is 0.167. The number of rotatable bonds is 4. The fourth-order valence-corrected chi connectivity index (χ4v) is 2.56. The smallest absolute Gasteiger partial charge is 0.340 e. The third-order valence-corrected chi connectivity index (χ3v) is 4.00. The molecule has 0 radical (unpaired) electrons. The number of esters is 1. The summed E-state index contributed by atoms with van der Waals surface area (Å²) in [5.74, 6) is -1.62. The molecule has 3 aromatic rings. The summed E-state index contributed by atoms with van der Waals surface area (Å²) in [7, 11) is 0. The standard InChI is InChI=1S/C18H14ClFN2O4/c1-10-2-5-15-21-12(7-16(23)22(15)8-10)9-26-18(25)17(24)11-3-4-14(20)13(19)6-11/h2-8,17,24H,9H2,1H3. The Morgan fingerprint density at radius 1 is 1.35 bits per heavy atom. The van der Waals surface area contributed by atoms with E-state index < -0.39 is 17.9 Å². The first-order chi connectivity index (χ1) is 12.3. The molecule has 1 unspecified atom stereocenters. The average Bonchev–Trinajstić information content (AvgIpc) is 2.62. The van der Waals surface area contributed by atoms with E-state index in [0.29, 0.717) is 5.65 Å². The van der Waals surface area contributed by atoms with E-state index >= 15 is 0 Å². The van der Waals surface area contributed by atoms with Crippen molar-refractivity contribution < 1.29 is 19.0 Å². The SMILES string of the molecule is Cc1ccc2nc(COC(=O)C(O)c3ccc(F)c(Cl)c3)cc(=O)n2c1. The molecule has 0 fully saturated rings. The number of hydrogen-bond donors (Lipinski definition) is 1. The average molecular weight is 377 g/mol. The van der Waals surface area contributed by atoms with Gasteiger partial charge in [0.25, 0.3) is 5.56 Å². The molecule has 8 heteroatoms. The Labute approximate surface area is 152 Å². The lowest BCUT2D eigenvalue weighted by atomic mass is 10.1. The van der Waals surface area contributed by atoms with E-state index in [2.05, 4.69) is 4.98 Å². The van der Waals surface area contributed by atoms with Crippen molar-refractivity contribution in [2.45, 2.75) is 19.6 Å². The van der Waals surface area contributed by atoms with Crippen molar-refractivity contribution in [3.8, 4) is 0 Å². The number of fused-ring (bicyclic) bond motifs is 1. The zero-order chi connectivity index (χ0) is 18.8. The number of halogens is 2. The van der Waals surface area contributed by atoms with E-state index in [4.69, 9.17) is 16.3 Å². The van der Waals surface area contributed by atoms with Gasteiger partial charge in [-0.2, -0.15) is 0 Å². The molecule has 134 valence electrons. The Hall–Kier alpha value is -2.77. The molecule has 0 spiro atoms. The third kappa shape index (κ3) is 3.74. The second-order valence-corrected chi connectivity index (χ2v) is 6.11. The minimum atomic E-state index is -1.63. The van der Waals surface area contributed by atoms with Gasteiger partial charge in [0.05, 0.1) is 10.7 Å². The predicted octanol–water partition coefficient (Wildman–Crippen LogP) is 2.57. The highest BCUT2D eigenvalue weighted by molar-refractivity contribution is 6.30. The second-order valence-electron chi connectivity index (χ2n) is 5.70. The lowest BCUT2D eigenvalue weighted by molar-refractivity contribution is -0.155. The van der Waals surface area contributed by atoms with Crippen molar-refractivity contribution in [3.05, 3.63) is 80.6 Å². The maximum Gasteiger partial charge on any atom is 0.340 e. The van der Waals surface area contributed by atoms with Crippen molar-refractivity contribution >= 4 is 23.2 Å². The van der Waals surface area contributed by atoms with Gasteiger partial charge in [-0.15, -0.1) is 0 Å². The van der Waals surface area contributed by atoms with E-state index in [1.54, 1.807) is 18.3 Å². The third-order valence-electron chi connectivity index (χ3n) is 3.71. The monoisotopic (exact) mass is 376 g/mol. The van der Waals surface area contributed by atoms with Crippen LogP contribution in [-0.2, 0) is 16.1 Å². The van der Waals surface area contributed by atoms with Crippen molar-refractivity contribution in [3.63, 3.8) is 0 Å². The summed E-state index contributed by atoms with van der Waals surface area (Å²) < 4.78 is 19.5. The minimum Gasteiger partial charge on any atom is -0.457 e. The maximum atomic E-state index is 13.2. The first kappa shape index (κ1) is 18.0. The summed E-state index contributed by atoms with van der Waals surface area (Å²) in [6.07, 6.45) is 0.0277. The van der Waals surface area contributed by atoms with Crippen molar-refractivity contribution in [1.82, 2.24) is 9.38 Å². The van der Waals surface area contributed by atoms with Crippen LogP contribution in [0.25, 0.3) is 5.65 Å². The van der Waals surface area contributed by atoms with Crippen molar-refractivity contribution in [2.75, 3.05) is 0 Å². The van der Waals surface area contributed by atoms with Gasteiger partial charge in [-0.1, -0.05) is 23.7 Å². The van der Waals surface area contributed by atoms with E-state index in [9.17, 15) is 19.1 Å². The Balaban J connectivity index is 1.74. The highest BCUT2D eigenvalue weighted by atomic mass is 35.5. The van der Waals surface area contributed by atoms with E-state index in [1.807, 2.05) is 6.92 Å². The molecule has 26 heavy (non-hydrogen) atoms. The van der Waals surface area contributed by atoms with Gasteiger partial charge in [0.15, 0.2) is 6.10 Å². The van der Waals surface area contributed by atoms with Crippen LogP contribution < -0.4 is 5.56 Å². The summed E-state index contributed by atoms with van der Waals surface area (Å²) in [4.78, 5) is 28.3. The maximum absolute atomic E-state index is 13.2. The molecule has 0 aliphatic carbocycles. The summed E-state index contributed by atoms with van der Waals surface area (Å²) >= 11 is 5.63. The zero-order valence-electron chi connectivity index (χ0n) is 13.6. The number of nitrogens with zero attached hydrogens (tertiary/aromatic N) is 2. The van der Waals surface area contributed by atoms with Crippen LogP contribution in [0.15, 0.2) is 47.4 Å². The summed E-state index contributed by atoms with van der Waals surface area (Å²) in [6.45, 7) is 1.56. The van der Waals surface area contributed by atoms with E-state index in [1.165, 1.54) is 16.5 Å². The van der Waals surface area contributed by atoms with Crippen LogP contribution in [0.1, 0.15) is 22.9 Å². The molecule has 0 saturated heterocycles. The van der Waals surface area contributed by atoms with Crippen LogP contribution in [0.4, 0.5) is 4.39 Å². The van der Waals surface area contributed by atoms with Gasteiger partial charge in [-0.25, -0.2) is 14.2 Å². The fourth-order valence-electron chi connectivity index (χ4n) is 2.37. The van der Waals surface area contributed by atoms with Crippen LogP contribution in [-0.4, -0.2) is 20.5 Å². The normalized spacial score (nSPS) is 12.2. The number of aliphatic hydroxyl groups excluding tert-OH is 1. The largest absolute Gasteiger partial charge is 0.457 e. The Kier molecular flexibility index (Phi) is 5.01. The van der Waals surface area contributed by atoms with E-state index in [-0.39, 0.29) is 28.4 Å². The number of benzene rings is 1. The van der Waals surface area contributed by atoms with Gasteiger partial charge in [0, 0.05) is 12.3 Å². The van der Waals surface area contributed by atoms with Crippen molar-refractivity contribution in [1.29, 1.82) is 0 Å². The second kappa shape index (κ2) is 7.23. The van der Waals surface area contributed by atoms with Crippen LogP contribution in [0, 0.1) is 12.7 Å². The van der Waals surface area contributed by atoms with Crippen LogP contribution in [0.5, 0.6) is 0 Å². The summed E-state index contributed by atoms with van der Waals surface area (Å²) in [6, 6.07) is 8.15. The van der Waals surface area contributed by atoms with Gasteiger partial charge in [-0.05, 0) is 36.2 Å². The number of carbonyl (C=O) groups is 1. The molecule has 1 N–H and O–H groups in total. The van der Waals surface area contributed by atoms with Gasteiger partial charge >= 0.3 is 5.97 Å². The highest BCUT2D eigenvalue weighted by Crippen LogP contribution is 2.22. The number of aromatic nitrogens is 2. The molecule has 3 rings (SSSR count). The molecule has 0 bridgehead atoms. The number of carbonyl (C=O) groups excluding carboxylic acids is 1. The molecular weight excluding hydrogens is 363 g/mol. The number of aryl methyl sites for hydroxylation is 1. The Bertz CT molecular complexity index is 1050. The summed E-state index contributed by atoms with van der Waals surface area (Å²) in [5, 5.41) is 9.78. The van der Waals surface area contributed by atoms with Gasteiger partial charge < -0.3 is 9.84 Å². The summed E-state index contributed by atoms with van der Waals surface area (Å²) in [5.41, 5.74) is 1.36. The highest BCUT2D eigenvalue weighted by Gasteiger charge is 2.20. The number of aliphatic hydroxyl groups is 1. The van der Waals surface area contributed by atoms with Crippen LogP contribution in [0.2, 0.25) is 5.02 Å². The van der Waals surface area contributed by atoms with Gasteiger partial charge in [0.2, 0.25) is 0 Å². The lowest BCUT2D eigenvalue weighted by Crippen LogP contribution is -2.19. The molecule has 2 heterocycles. The molecule has 1 aromatic carbocycles. The van der Waals surface area contributed by atoms with Crippen LogP contribution in [0.3, 0.4) is 0 Å². The number of ether oxygens (including phenoxy) is 1. The Morgan fingerprint density at radius 3 is 2.85 bits per heavy atom. The van der Waals surface area contributed by atoms with E-state index in [0.717, 1.165) is 17.7 Å². The first-order valence-electron chi connectivity index (χ1n) is 7.64. The van der Waals surface area contributed by atoms with Crippen LogP contribution >= 0.6 is 11.6 Å². The number of hydrogen-bond acceptors (Lipinski definition) is 5. The lowest BCUT2D eigenvalue weighted by Gasteiger charge is -2.11. The topological polar surface area (TPSA) is 80.9 Å².